The second kappa shape index (κ2) is 8.53. The Morgan fingerprint density at radius 2 is 1.63 bits per heavy atom. The van der Waals surface area contributed by atoms with E-state index < -0.39 is 0 Å². The second-order valence-corrected chi connectivity index (χ2v) is 6.82. The number of hydrogen-bond donors (Lipinski definition) is 1. The molecule has 3 amide bonds. The number of carbonyl (C=O) groups is 3. The topological polar surface area (TPSA) is 79.4 Å². The van der Waals surface area contributed by atoms with Gasteiger partial charge in [0.2, 0.25) is 5.91 Å². The number of pyridine rings is 1. The Hall–Kier alpha value is -4.06. The van der Waals surface area contributed by atoms with Crippen molar-refractivity contribution in [1.29, 1.82) is 0 Å². The van der Waals surface area contributed by atoms with E-state index in [1.807, 2.05) is 48.6 Å². The first-order valence-corrected chi connectivity index (χ1v) is 9.56. The summed E-state index contributed by atoms with van der Waals surface area (Å²) in [7, 11) is 0. The van der Waals surface area contributed by atoms with Crippen LogP contribution in [0.3, 0.4) is 0 Å². The molecule has 0 unspecified atom stereocenters. The van der Waals surface area contributed by atoms with Crippen LogP contribution < -0.4 is 5.32 Å². The van der Waals surface area contributed by atoms with E-state index in [1.54, 1.807) is 36.5 Å². The van der Waals surface area contributed by atoms with Gasteiger partial charge in [-0.2, -0.15) is 0 Å². The summed E-state index contributed by atoms with van der Waals surface area (Å²) < 4.78 is 0. The quantitative estimate of drug-likeness (QED) is 0.640. The number of nitrogens with zero attached hydrogens (tertiary/aromatic N) is 2. The van der Waals surface area contributed by atoms with Gasteiger partial charge in [0.25, 0.3) is 11.8 Å². The van der Waals surface area contributed by atoms with Gasteiger partial charge in [-0.1, -0.05) is 36.4 Å². The standard InChI is InChI=1S/C24H19N3O3/c28-22(13-15-27-23(29)20-9-1-2-10-21(20)24(27)30)26-19-8-5-6-17(16-19)11-12-18-7-3-4-14-25-18/h1-12,14,16H,13,15H2,(H,26,28)/b12-11+. The summed E-state index contributed by atoms with van der Waals surface area (Å²) >= 11 is 0. The zero-order valence-electron chi connectivity index (χ0n) is 16.1. The number of fused-ring (bicyclic) bond motifs is 1. The predicted octanol–water partition coefficient (Wildman–Crippen LogP) is 3.88. The van der Waals surface area contributed by atoms with E-state index in [9.17, 15) is 14.4 Å². The molecule has 1 N–H and O–H groups in total. The largest absolute Gasteiger partial charge is 0.326 e. The summed E-state index contributed by atoms with van der Waals surface area (Å²) in [5, 5.41) is 2.82. The Balaban J connectivity index is 1.35. The van der Waals surface area contributed by atoms with Crippen molar-refractivity contribution in [2.24, 2.45) is 0 Å². The predicted molar refractivity (Wildman–Crippen MR) is 115 cm³/mol. The third-order valence-electron chi connectivity index (χ3n) is 4.75. The lowest BCUT2D eigenvalue weighted by molar-refractivity contribution is -0.116. The van der Waals surface area contributed by atoms with E-state index in [0.717, 1.165) is 16.2 Å². The van der Waals surface area contributed by atoms with Crippen molar-refractivity contribution in [3.8, 4) is 0 Å². The highest BCUT2D eigenvalue weighted by Gasteiger charge is 2.34. The smallest absolute Gasteiger partial charge is 0.261 e. The third kappa shape index (κ3) is 4.17. The number of rotatable bonds is 6. The lowest BCUT2D eigenvalue weighted by Gasteiger charge is -2.13. The maximum atomic E-state index is 12.4. The fraction of sp³-hybridized carbons (Fsp3) is 0.0833. The Labute approximate surface area is 173 Å². The molecule has 2 heterocycles. The van der Waals surface area contributed by atoms with Crippen LogP contribution in [0.25, 0.3) is 12.2 Å². The molecule has 0 saturated carbocycles. The van der Waals surface area contributed by atoms with Crippen LogP contribution in [-0.2, 0) is 4.79 Å². The van der Waals surface area contributed by atoms with Gasteiger partial charge in [-0.3, -0.25) is 24.3 Å². The van der Waals surface area contributed by atoms with Gasteiger partial charge in [-0.05, 0) is 48.0 Å². The molecular formula is C24H19N3O3. The van der Waals surface area contributed by atoms with Gasteiger partial charge in [0.15, 0.2) is 0 Å². The van der Waals surface area contributed by atoms with Crippen molar-refractivity contribution < 1.29 is 14.4 Å². The lowest BCUT2D eigenvalue weighted by atomic mass is 10.1. The van der Waals surface area contributed by atoms with Gasteiger partial charge in [-0.15, -0.1) is 0 Å². The minimum atomic E-state index is -0.356. The fourth-order valence-corrected chi connectivity index (χ4v) is 3.26. The molecule has 6 nitrogen and oxygen atoms in total. The van der Waals surface area contributed by atoms with Gasteiger partial charge in [0.05, 0.1) is 16.8 Å². The van der Waals surface area contributed by atoms with E-state index in [1.165, 1.54) is 0 Å². The minimum absolute atomic E-state index is 0.0273. The molecule has 1 aromatic heterocycles. The highest BCUT2D eigenvalue weighted by atomic mass is 16.2. The molecule has 0 atom stereocenters. The van der Waals surface area contributed by atoms with Crippen LogP contribution in [0.15, 0.2) is 72.9 Å². The molecule has 30 heavy (non-hydrogen) atoms. The maximum Gasteiger partial charge on any atom is 0.261 e. The van der Waals surface area contributed by atoms with Gasteiger partial charge >= 0.3 is 0 Å². The van der Waals surface area contributed by atoms with Crippen molar-refractivity contribution in [2.45, 2.75) is 6.42 Å². The van der Waals surface area contributed by atoms with Gasteiger partial charge < -0.3 is 5.32 Å². The molecule has 0 fully saturated rings. The zero-order valence-corrected chi connectivity index (χ0v) is 16.1. The van der Waals surface area contributed by atoms with Crippen molar-refractivity contribution in [3.63, 3.8) is 0 Å². The highest BCUT2D eigenvalue weighted by molar-refractivity contribution is 6.21. The number of hydrogen-bond acceptors (Lipinski definition) is 4. The first kappa shape index (κ1) is 19.3. The normalized spacial score (nSPS) is 13.0. The van der Waals surface area contributed by atoms with Crippen LogP contribution in [0.5, 0.6) is 0 Å². The molecule has 4 rings (SSSR count). The van der Waals surface area contributed by atoms with E-state index in [0.29, 0.717) is 16.8 Å². The van der Waals surface area contributed by atoms with Crippen LogP contribution in [0.1, 0.15) is 38.4 Å². The Morgan fingerprint density at radius 3 is 2.33 bits per heavy atom. The number of nitrogens with one attached hydrogen (secondary N) is 1. The summed E-state index contributed by atoms with van der Waals surface area (Å²) in [6.07, 6.45) is 5.56. The zero-order chi connectivity index (χ0) is 20.9. The second-order valence-electron chi connectivity index (χ2n) is 6.82. The van der Waals surface area contributed by atoms with Gasteiger partial charge in [0, 0.05) is 24.8 Å². The molecule has 1 aliphatic rings. The first-order valence-electron chi connectivity index (χ1n) is 9.56. The molecule has 6 heteroatoms. The van der Waals surface area contributed by atoms with E-state index in [4.69, 9.17) is 0 Å². The molecule has 0 aliphatic carbocycles. The Kier molecular flexibility index (Phi) is 5.48. The molecule has 148 valence electrons. The van der Waals surface area contributed by atoms with Crippen molar-refractivity contribution in [3.05, 3.63) is 95.3 Å². The number of aromatic nitrogens is 1. The van der Waals surface area contributed by atoms with Crippen molar-refractivity contribution >= 4 is 35.6 Å². The van der Waals surface area contributed by atoms with Crippen LogP contribution in [0.2, 0.25) is 0 Å². The summed E-state index contributed by atoms with van der Waals surface area (Å²) in [6.45, 7) is 0.0391. The number of amides is 3. The van der Waals surface area contributed by atoms with Gasteiger partial charge in [-0.25, -0.2) is 0 Å². The summed E-state index contributed by atoms with van der Waals surface area (Å²) in [4.78, 5) is 42.5. The van der Waals surface area contributed by atoms with E-state index in [2.05, 4.69) is 10.3 Å². The third-order valence-corrected chi connectivity index (χ3v) is 4.75. The monoisotopic (exact) mass is 397 g/mol. The summed E-state index contributed by atoms with van der Waals surface area (Å²) in [6, 6.07) is 19.8. The van der Waals surface area contributed by atoms with Crippen molar-refractivity contribution in [2.75, 3.05) is 11.9 Å². The number of imide groups is 1. The average molecular weight is 397 g/mol. The van der Waals surface area contributed by atoms with Crippen molar-refractivity contribution in [1.82, 2.24) is 9.88 Å². The summed E-state index contributed by atoms with van der Waals surface area (Å²) in [5.74, 6) is -0.979. The Bertz CT molecular complexity index is 1100. The summed E-state index contributed by atoms with van der Waals surface area (Å²) in [5.41, 5.74) is 3.17. The fourth-order valence-electron chi connectivity index (χ4n) is 3.26. The molecule has 1 aliphatic heterocycles. The van der Waals surface area contributed by atoms with E-state index in [-0.39, 0.29) is 30.7 Å². The SMILES string of the molecule is O=C(CCN1C(=O)c2ccccc2C1=O)Nc1cccc(/C=C/c2ccccn2)c1. The molecule has 3 aromatic rings. The van der Waals surface area contributed by atoms with Crippen LogP contribution in [-0.4, -0.2) is 34.2 Å². The molecule has 2 aromatic carbocycles. The molecule has 0 spiro atoms. The molecule has 0 radical (unpaired) electrons. The number of anilines is 1. The van der Waals surface area contributed by atoms with E-state index >= 15 is 0 Å². The van der Waals surface area contributed by atoms with Crippen LogP contribution in [0.4, 0.5) is 5.69 Å². The molecular weight excluding hydrogens is 378 g/mol. The van der Waals surface area contributed by atoms with Crippen LogP contribution >= 0.6 is 0 Å². The number of carbonyl (C=O) groups excluding carboxylic acids is 3. The van der Waals surface area contributed by atoms with Crippen LogP contribution in [0, 0.1) is 0 Å². The highest BCUT2D eigenvalue weighted by Crippen LogP contribution is 2.22. The minimum Gasteiger partial charge on any atom is -0.326 e. The lowest BCUT2D eigenvalue weighted by Crippen LogP contribution is -2.32. The average Bonchev–Trinajstić information content (AvgIpc) is 3.02. The van der Waals surface area contributed by atoms with Gasteiger partial charge in [0.1, 0.15) is 0 Å². The molecule has 0 saturated heterocycles. The molecule has 0 bridgehead atoms. The Morgan fingerprint density at radius 1 is 0.900 bits per heavy atom. The first-order chi connectivity index (χ1) is 14.6. The maximum absolute atomic E-state index is 12.4. The number of benzene rings is 2.